The zero-order chi connectivity index (χ0) is 20.0. The molecule has 0 spiro atoms. The van der Waals surface area contributed by atoms with Crippen LogP contribution in [0.2, 0.25) is 0 Å². The van der Waals surface area contributed by atoms with Gasteiger partial charge in [-0.25, -0.2) is 5.43 Å². The van der Waals surface area contributed by atoms with Crippen LogP contribution >= 0.6 is 15.9 Å². The molecule has 11 heteroatoms. The summed E-state index contributed by atoms with van der Waals surface area (Å²) < 4.78 is 38.3. The van der Waals surface area contributed by atoms with Crippen LogP contribution in [0.25, 0.3) is 0 Å². The van der Waals surface area contributed by atoms with E-state index in [4.69, 9.17) is 0 Å². The highest BCUT2D eigenvalue weighted by Crippen LogP contribution is 2.30. The summed E-state index contributed by atoms with van der Waals surface area (Å²) in [5, 5.41) is 16.9. The van der Waals surface area contributed by atoms with Crippen LogP contribution in [0.4, 0.5) is 24.5 Å². The fourth-order valence-electron chi connectivity index (χ4n) is 1.94. The number of hydrazone groups is 1. The third-order valence-corrected chi connectivity index (χ3v) is 3.92. The van der Waals surface area contributed by atoms with Crippen molar-refractivity contribution in [2.45, 2.75) is 6.18 Å². The normalized spacial score (nSPS) is 11.4. The van der Waals surface area contributed by atoms with E-state index in [1.165, 1.54) is 36.5 Å². The van der Waals surface area contributed by atoms with Crippen LogP contribution in [0.3, 0.4) is 0 Å². The minimum Gasteiger partial charge on any atom is -0.376 e. The number of anilines is 1. The van der Waals surface area contributed by atoms with E-state index >= 15 is 0 Å². The number of amides is 1. The lowest BCUT2D eigenvalue weighted by atomic mass is 10.2. The summed E-state index contributed by atoms with van der Waals surface area (Å²) in [5.74, 6) is -0.582. The first kappa shape index (κ1) is 20.4. The number of halogens is 4. The van der Waals surface area contributed by atoms with Gasteiger partial charge in [0.1, 0.15) is 0 Å². The molecule has 27 heavy (non-hydrogen) atoms. The quantitative estimate of drug-likeness (QED) is 0.400. The van der Waals surface area contributed by atoms with Gasteiger partial charge in [-0.3, -0.25) is 14.9 Å². The van der Waals surface area contributed by atoms with E-state index in [0.29, 0.717) is 10.0 Å². The van der Waals surface area contributed by atoms with E-state index < -0.39 is 22.6 Å². The number of nitrogens with zero attached hydrogens (tertiary/aromatic N) is 2. The highest BCUT2D eigenvalue weighted by atomic mass is 79.9. The lowest BCUT2D eigenvalue weighted by molar-refractivity contribution is -0.384. The first-order valence-electron chi connectivity index (χ1n) is 7.34. The number of nitro groups is 1. The Morgan fingerprint density at radius 2 is 2.00 bits per heavy atom. The van der Waals surface area contributed by atoms with Crippen molar-refractivity contribution >= 4 is 39.4 Å². The van der Waals surface area contributed by atoms with Gasteiger partial charge in [-0.1, -0.05) is 6.07 Å². The largest absolute Gasteiger partial charge is 0.416 e. The molecule has 0 fully saturated rings. The summed E-state index contributed by atoms with van der Waals surface area (Å²) in [6, 6.07) is 8.47. The number of alkyl halides is 3. The van der Waals surface area contributed by atoms with Crippen LogP contribution in [0.15, 0.2) is 52.0 Å². The summed E-state index contributed by atoms with van der Waals surface area (Å²) >= 11 is 3.15. The number of non-ortho nitro benzene ring substituents is 1. The lowest BCUT2D eigenvalue weighted by Gasteiger charge is -2.10. The van der Waals surface area contributed by atoms with Crippen LogP contribution < -0.4 is 10.7 Å². The standard InChI is InChI=1S/C16H12BrF3N4O3/c17-14-7-13(24(26)27)5-4-10(14)8-22-23-15(25)9-21-12-3-1-2-11(6-12)16(18,19)20/h1-8,21H,9H2,(H,23,25)/b22-8-. The second-order valence-corrected chi connectivity index (χ2v) is 6.04. The Balaban J connectivity index is 1.90. The molecule has 1 amide bonds. The number of hydrogen-bond acceptors (Lipinski definition) is 5. The van der Waals surface area contributed by atoms with Crippen molar-refractivity contribution in [2.75, 3.05) is 11.9 Å². The van der Waals surface area contributed by atoms with Crippen LogP contribution in [0.1, 0.15) is 11.1 Å². The third-order valence-electron chi connectivity index (χ3n) is 3.23. The molecule has 2 rings (SSSR count). The first-order chi connectivity index (χ1) is 12.7. The topological polar surface area (TPSA) is 96.6 Å². The van der Waals surface area contributed by atoms with Crippen molar-refractivity contribution in [2.24, 2.45) is 5.10 Å². The SMILES string of the molecule is O=C(CNc1cccc(C(F)(F)F)c1)N/N=C\c1ccc([N+](=O)[O-])cc1Br. The molecular formula is C16H12BrF3N4O3. The molecule has 142 valence electrons. The molecule has 0 bridgehead atoms. The van der Waals surface area contributed by atoms with Crippen molar-refractivity contribution < 1.29 is 22.9 Å². The average molecular weight is 445 g/mol. The molecule has 0 aliphatic rings. The Morgan fingerprint density at radius 3 is 2.63 bits per heavy atom. The molecule has 0 atom stereocenters. The van der Waals surface area contributed by atoms with Gasteiger partial charge >= 0.3 is 6.18 Å². The molecule has 7 nitrogen and oxygen atoms in total. The molecule has 0 radical (unpaired) electrons. The second-order valence-electron chi connectivity index (χ2n) is 5.19. The number of nitro benzene ring substituents is 1. The predicted molar refractivity (Wildman–Crippen MR) is 96.5 cm³/mol. The van der Waals surface area contributed by atoms with Crippen molar-refractivity contribution in [3.8, 4) is 0 Å². The molecule has 0 aliphatic heterocycles. The number of carbonyl (C=O) groups is 1. The van der Waals surface area contributed by atoms with Crippen LogP contribution in [0.5, 0.6) is 0 Å². The lowest BCUT2D eigenvalue weighted by Crippen LogP contribution is -2.26. The summed E-state index contributed by atoms with van der Waals surface area (Å²) in [7, 11) is 0. The summed E-state index contributed by atoms with van der Waals surface area (Å²) in [5.41, 5.74) is 1.91. The fourth-order valence-corrected chi connectivity index (χ4v) is 2.40. The van der Waals surface area contributed by atoms with Gasteiger partial charge in [0.15, 0.2) is 0 Å². The van der Waals surface area contributed by atoms with Gasteiger partial charge in [-0.15, -0.1) is 0 Å². The summed E-state index contributed by atoms with van der Waals surface area (Å²) in [4.78, 5) is 21.8. The zero-order valence-electron chi connectivity index (χ0n) is 13.5. The van der Waals surface area contributed by atoms with Crippen molar-refractivity contribution in [3.63, 3.8) is 0 Å². The minimum atomic E-state index is -4.47. The van der Waals surface area contributed by atoms with E-state index in [0.717, 1.165) is 12.1 Å². The molecule has 0 aromatic heterocycles. The molecule has 0 saturated carbocycles. The van der Waals surface area contributed by atoms with Gasteiger partial charge in [0.05, 0.1) is 23.2 Å². The predicted octanol–water partition coefficient (Wildman–Crippen LogP) is 3.94. The van der Waals surface area contributed by atoms with Gasteiger partial charge in [0.25, 0.3) is 11.6 Å². The Kier molecular flexibility index (Phi) is 6.50. The van der Waals surface area contributed by atoms with Crippen molar-refractivity contribution in [1.29, 1.82) is 0 Å². The molecule has 0 saturated heterocycles. The van der Waals surface area contributed by atoms with E-state index in [2.05, 4.69) is 31.8 Å². The maximum absolute atomic E-state index is 12.6. The van der Waals surface area contributed by atoms with Gasteiger partial charge in [0.2, 0.25) is 0 Å². The monoisotopic (exact) mass is 444 g/mol. The third kappa shape index (κ3) is 6.06. The Labute approximate surface area is 159 Å². The Morgan fingerprint density at radius 1 is 1.26 bits per heavy atom. The van der Waals surface area contributed by atoms with Gasteiger partial charge in [-0.05, 0) is 40.2 Å². The number of benzene rings is 2. The van der Waals surface area contributed by atoms with Crippen LogP contribution in [-0.2, 0) is 11.0 Å². The van der Waals surface area contributed by atoms with E-state index in [9.17, 15) is 28.1 Å². The molecular weight excluding hydrogens is 433 g/mol. The maximum atomic E-state index is 12.6. The first-order valence-corrected chi connectivity index (χ1v) is 8.13. The highest BCUT2D eigenvalue weighted by Gasteiger charge is 2.30. The molecule has 0 heterocycles. The summed E-state index contributed by atoms with van der Waals surface area (Å²) in [6.45, 7) is -0.292. The highest BCUT2D eigenvalue weighted by molar-refractivity contribution is 9.10. The van der Waals surface area contributed by atoms with E-state index in [1.54, 1.807) is 0 Å². The Hall–Kier alpha value is -2.95. The second kappa shape index (κ2) is 8.62. The Bertz CT molecular complexity index is 887. The maximum Gasteiger partial charge on any atom is 0.416 e. The molecule has 2 aromatic rings. The van der Waals surface area contributed by atoms with Crippen LogP contribution in [-0.4, -0.2) is 23.6 Å². The van der Waals surface area contributed by atoms with Crippen molar-refractivity contribution in [1.82, 2.24) is 5.43 Å². The summed E-state index contributed by atoms with van der Waals surface area (Å²) in [6.07, 6.45) is -3.20. The van der Waals surface area contributed by atoms with Gasteiger partial charge in [0, 0.05) is 27.9 Å². The number of hydrogen-bond donors (Lipinski definition) is 2. The molecule has 2 N–H and O–H groups in total. The molecule has 2 aromatic carbocycles. The molecule has 0 aliphatic carbocycles. The molecule has 0 unspecified atom stereocenters. The van der Waals surface area contributed by atoms with Crippen LogP contribution in [0, 0.1) is 10.1 Å². The van der Waals surface area contributed by atoms with Gasteiger partial charge < -0.3 is 5.32 Å². The van der Waals surface area contributed by atoms with E-state index in [1.807, 2.05) is 0 Å². The fraction of sp³-hybridized carbons (Fsp3) is 0.125. The number of nitrogens with one attached hydrogen (secondary N) is 2. The number of rotatable bonds is 6. The smallest absolute Gasteiger partial charge is 0.376 e. The van der Waals surface area contributed by atoms with Crippen molar-refractivity contribution in [3.05, 3.63) is 68.2 Å². The average Bonchev–Trinajstić information content (AvgIpc) is 2.60. The van der Waals surface area contributed by atoms with Gasteiger partial charge in [-0.2, -0.15) is 18.3 Å². The number of carbonyl (C=O) groups excluding carboxylic acids is 1. The zero-order valence-corrected chi connectivity index (χ0v) is 15.0. The minimum absolute atomic E-state index is 0.103. The van der Waals surface area contributed by atoms with E-state index in [-0.39, 0.29) is 17.9 Å².